The van der Waals surface area contributed by atoms with Gasteiger partial charge in [-0.25, -0.2) is 0 Å². The summed E-state index contributed by atoms with van der Waals surface area (Å²) in [5.41, 5.74) is 5.83. The number of amides is 1. The second-order valence-corrected chi connectivity index (χ2v) is 5.65. The minimum Gasteiger partial charge on any atom is -0.354 e. The average Bonchev–Trinajstić information content (AvgIpc) is 2.24. The predicted octanol–water partition coefficient (Wildman–Crippen LogP) is 2.55. The molecule has 17 heavy (non-hydrogen) atoms. The van der Waals surface area contributed by atoms with E-state index in [2.05, 4.69) is 39.9 Å². The molecule has 0 heterocycles. The summed E-state index contributed by atoms with van der Waals surface area (Å²) in [5.74, 6) is 1.70. The molecular formula is C14H30N2O. The number of nitrogens with one attached hydrogen (secondary N) is 1. The van der Waals surface area contributed by atoms with Gasteiger partial charge in [0.2, 0.25) is 5.91 Å². The van der Waals surface area contributed by atoms with E-state index in [9.17, 15) is 4.79 Å². The zero-order chi connectivity index (χ0) is 13.4. The topological polar surface area (TPSA) is 55.1 Å². The first-order chi connectivity index (χ1) is 7.90. The highest BCUT2D eigenvalue weighted by Crippen LogP contribution is 2.19. The van der Waals surface area contributed by atoms with Crippen LogP contribution in [0, 0.1) is 17.8 Å². The number of unbranched alkanes of at least 4 members (excludes halogenated alkanes) is 1. The Kier molecular flexibility index (Phi) is 8.23. The second-order valence-electron chi connectivity index (χ2n) is 5.65. The summed E-state index contributed by atoms with van der Waals surface area (Å²) in [7, 11) is 0. The minimum atomic E-state index is -0.338. The van der Waals surface area contributed by atoms with Crippen LogP contribution >= 0.6 is 0 Å². The van der Waals surface area contributed by atoms with Gasteiger partial charge in [-0.2, -0.15) is 0 Å². The van der Waals surface area contributed by atoms with Crippen LogP contribution < -0.4 is 11.1 Å². The summed E-state index contributed by atoms with van der Waals surface area (Å²) >= 11 is 0. The zero-order valence-electron chi connectivity index (χ0n) is 12.1. The zero-order valence-corrected chi connectivity index (χ0v) is 12.1. The van der Waals surface area contributed by atoms with Crippen molar-refractivity contribution in [3.05, 3.63) is 0 Å². The number of rotatable bonds is 8. The normalized spacial score (nSPS) is 13.5. The molecule has 102 valence electrons. The molecule has 0 aliphatic carbocycles. The lowest BCUT2D eigenvalue weighted by Crippen LogP contribution is -2.43. The van der Waals surface area contributed by atoms with Gasteiger partial charge in [-0.15, -0.1) is 0 Å². The van der Waals surface area contributed by atoms with Crippen LogP contribution in [0.4, 0.5) is 0 Å². The largest absolute Gasteiger partial charge is 0.354 e. The maximum absolute atomic E-state index is 11.8. The number of hydrogen-bond donors (Lipinski definition) is 2. The fourth-order valence-corrected chi connectivity index (χ4v) is 2.15. The molecular weight excluding hydrogens is 212 g/mol. The first-order valence-electron chi connectivity index (χ1n) is 6.93. The number of nitrogens with two attached hydrogens (primary N) is 1. The molecule has 0 aromatic heterocycles. The summed E-state index contributed by atoms with van der Waals surface area (Å²) in [5, 5.41) is 2.99. The van der Waals surface area contributed by atoms with Gasteiger partial charge in [0.1, 0.15) is 0 Å². The lowest BCUT2D eigenvalue weighted by Gasteiger charge is -2.25. The number of carbonyl (C=O) groups is 1. The predicted molar refractivity (Wildman–Crippen MR) is 73.7 cm³/mol. The van der Waals surface area contributed by atoms with Crippen LogP contribution in [0.15, 0.2) is 0 Å². The van der Waals surface area contributed by atoms with E-state index < -0.39 is 0 Å². The molecule has 0 aliphatic heterocycles. The Morgan fingerprint density at radius 2 is 1.71 bits per heavy atom. The SMILES string of the molecule is CCCCC(N)C(=O)NCC(C(C)C)C(C)C. The van der Waals surface area contributed by atoms with E-state index in [0.29, 0.717) is 17.8 Å². The highest BCUT2D eigenvalue weighted by atomic mass is 16.2. The first-order valence-corrected chi connectivity index (χ1v) is 6.93. The fraction of sp³-hybridized carbons (Fsp3) is 0.929. The second kappa shape index (κ2) is 8.51. The molecule has 0 saturated heterocycles. The quantitative estimate of drug-likeness (QED) is 0.687. The van der Waals surface area contributed by atoms with E-state index in [4.69, 9.17) is 5.73 Å². The van der Waals surface area contributed by atoms with Gasteiger partial charge in [0.15, 0.2) is 0 Å². The Morgan fingerprint density at radius 3 is 2.12 bits per heavy atom. The summed E-state index contributed by atoms with van der Waals surface area (Å²) < 4.78 is 0. The van der Waals surface area contributed by atoms with E-state index >= 15 is 0 Å². The van der Waals surface area contributed by atoms with Crippen molar-refractivity contribution in [2.45, 2.75) is 59.9 Å². The molecule has 0 aromatic carbocycles. The molecule has 0 aromatic rings. The minimum absolute atomic E-state index is 0.00440. The molecule has 1 unspecified atom stereocenters. The van der Waals surface area contributed by atoms with Crippen molar-refractivity contribution in [3.8, 4) is 0 Å². The van der Waals surface area contributed by atoms with Crippen molar-refractivity contribution in [1.82, 2.24) is 5.32 Å². The summed E-state index contributed by atoms with van der Waals surface area (Å²) in [6.07, 6.45) is 2.89. The molecule has 0 fully saturated rings. The molecule has 0 spiro atoms. The Labute approximate surface area is 107 Å². The smallest absolute Gasteiger partial charge is 0.236 e. The van der Waals surface area contributed by atoms with E-state index in [1.54, 1.807) is 0 Å². The molecule has 0 bridgehead atoms. The maximum Gasteiger partial charge on any atom is 0.236 e. The van der Waals surface area contributed by atoms with Crippen molar-refractivity contribution >= 4 is 5.91 Å². The van der Waals surface area contributed by atoms with Crippen LogP contribution in [-0.4, -0.2) is 18.5 Å². The summed E-state index contributed by atoms with van der Waals surface area (Å²) in [4.78, 5) is 11.8. The molecule has 3 heteroatoms. The molecule has 0 rings (SSSR count). The number of carbonyl (C=O) groups excluding carboxylic acids is 1. The fourth-order valence-electron chi connectivity index (χ4n) is 2.15. The van der Waals surface area contributed by atoms with Crippen molar-refractivity contribution in [2.75, 3.05) is 6.54 Å². The van der Waals surface area contributed by atoms with Crippen molar-refractivity contribution in [2.24, 2.45) is 23.5 Å². The third kappa shape index (κ3) is 6.67. The van der Waals surface area contributed by atoms with Gasteiger partial charge < -0.3 is 11.1 Å². The molecule has 1 amide bonds. The summed E-state index contributed by atoms with van der Waals surface area (Å²) in [6.45, 7) is 11.7. The third-order valence-corrected chi connectivity index (χ3v) is 3.43. The average molecular weight is 242 g/mol. The first kappa shape index (κ1) is 16.4. The Morgan fingerprint density at radius 1 is 1.18 bits per heavy atom. The molecule has 0 radical (unpaired) electrons. The third-order valence-electron chi connectivity index (χ3n) is 3.43. The molecule has 1 atom stereocenters. The van der Waals surface area contributed by atoms with Crippen LogP contribution in [0.5, 0.6) is 0 Å². The van der Waals surface area contributed by atoms with Gasteiger partial charge in [-0.3, -0.25) is 4.79 Å². The Hall–Kier alpha value is -0.570. The van der Waals surface area contributed by atoms with Crippen molar-refractivity contribution in [1.29, 1.82) is 0 Å². The van der Waals surface area contributed by atoms with Crippen LogP contribution in [0.3, 0.4) is 0 Å². The summed E-state index contributed by atoms with van der Waals surface area (Å²) in [6, 6.07) is -0.338. The van der Waals surface area contributed by atoms with Gasteiger partial charge in [-0.1, -0.05) is 47.5 Å². The molecule has 0 aliphatic rings. The van der Waals surface area contributed by atoms with Gasteiger partial charge >= 0.3 is 0 Å². The van der Waals surface area contributed by atoms with Gasteiger partial charge in [-0.05, 0) is 24.2 Å². The highest BCUT2D eigenvalue weighted by Gasteiger charge is 2.19. The van der Waals surface area contributed by atoms with Crippen LogP contribution in [0.25, 0.3) is 0 Å². The van der Waals surface area contributed by atoms with E-state index in [0.717, 1.165) is 25.8 Å². The van der Waals surface area contributed by atoms with Crippen LogP contribution in [0.2, 0.25) is 0 Å². The van der Waals surface area contributed by atoms with Crippen LogP contribution in [-0.2, 0) is 4.79 Å². The van der Waals surface area contributed by atoms with Gasteiger partial charge in [0.05, 0.1) is 6.04 Å². The molecule has 3 N–H and O–H groups in total. The lowest BCUT2D eigenvalue weighted by atomic mass is 9.85. The van der Waals surface area contributed by atoms with E-state index in [-0.39, 0.29) is 11.9 Å². The maximum atomic E-state index is 11.8. The Balaban J connectivity index is 4.03. The van der Waals surface area contributed by atoms with E-state index in [1.165, 1.54) is 0 Å². The molecule has 0 saturated carbocycles. The van der Waals surface area contributed by atoms with Crippen molar-refractivity contribution in [3.63, 3.8) is 0 Å². The highest BCUT2D eigenvalue weighted by molar-refractivity contribution is 5.81. The standard InChI is InChI=1S/C14H30N2O/c1-6-7-8-13(15)14(17)16-9-12(10(2)3)11(4)5/h10-13H,6-9,15H2,1-5H3,(H,16,17). The van der Waals surface area contributed by atoms with E-state index in [1.807, 2.05) is 0 Å². The molecule has 3 nitrogen and oxygen atoms in total. The van der Waals surface area contributed by atoms with Crippen LogP contribution in [0.1, 0.15) is 53.9 Å². The lowest BCUT2D eigenvalue weighted by molar-refractivity contribution is -0.122. The monoisotopic (exact) mass is 242 g/mol. The van der Waals surface area contributed by atoms with Crippen molar-refractivity contribution < 1.29 is 4.79 Å². The number of hydrogen-bond acceptors (Lipinski definition) is 2. The van der Waals surface area contributed by atoms with Gasteiger partial charge in [0, 0.05) is 6.54 Å². The Bertz CT molecular complexity index is 206. The van der Waals surface area contributed by atoms with Gasteiger partial charge in [0.25, 0.3) is 0 Å².